The molecule has 2 aromatic rings. The number of hydrogen-bond donors (Lipinski definition) is 0. The van der Waals surface area contributed by atoms with Crippen molar-refractivity contribution in [1.82, 2.24) is 4.90 Å². The second kappa shape index (κ2) is 9.63. The standard InChI is InChI=1S/C21H27NO.ClH/c1-5-16-22(3)17-18(2)21(23-4,19-12-8-6-9-13-19)20-14-10-7-11-15-20;/h5-15,18H,1,16-17H2,2-4H3;1H. The zero-order valence-electron chi connectivity index (χ0n) is 14.8. The minimum Gasteiger partial charge on any atom is -0.368 e. The quantitative estimate of drug-likeness (QED) is 0.640. The summed E-state index contributed by atoms with van der Waals surface area (Å²) in [4.78, 5) is 2.28. The Balaban J connectivity index is 0.00000288. The van der Waals surface area contributed by atoms with Crippen LogP contribution in [0.15, 0.2) is 73.3 Å². The second-order valence-corrected chi connectivity index (χ2v) is 6.08. The van der Waals surface area contributed by atoms with Gasteiger partial charge in [0.1, 0.15) is 5.60 Å². The van der Waals surface area contributed by atoms with Crippen LogP contribution in [-0.4, -0.2) is 32.1 Å². The fourth-order valence-corrected chi connectivity index (χ4v) is 3.44. The Morgan fingerprint density at radius 1 is 1.04 bits per heavy atom. The van der Waals surface area contributed by atoms with Crippen molar-refractivity contribution in [2.24, 2.45) is 5.92 Å². The van der Waals surface area contributed by atoms with Crippen LogP contribution >= 0.6 is 12.4 Å². The molecule has 0 spiro atoms. The van der Waals surface area contributed by atoms with Crippen molar-refractivity contribution in [3.8, 4) is 0 Å². The summed E-state index contributed by atoms with van der Waals surface area (Å²) in [6.07, 6.45) is 1.94. The molecule has 2 nitrogen and oxygen atoms in total. The van der Waals surface area contributed by atoms with Crippen molar-refractivity contribution < 1.29 is 4.74 Å². The van der Waals surface area contributed by atoms with E-state index in [2.05, 4.69) is 74.0 Å². The van der Waals surface area contributed by atoms with Crippen molar-refractivity contribution in [2.45, 2.75) is 12.5 Å². The average Bonchev–Trinajstić information content (AvgIpc) is 2.58. The molecular weight excluding hydrogens is 318 g/mol. The lowest BCUT2D eigenvalue weighted by Crippen LogP contribution is -2.42. The summed E-state index contributed by atoms with van der Waals surface area (Å²) in [6, 6.07) is 21.0. The molecule has 0 aliphatic rings. The third-order valence-corrected chi connectivity index (χ3v) is 4.45. The SMILES string of the molecule is C=CCN(C)CC(C)C(OC)(c1ccccc1)c1ccccc1.Cl. The van der Waals surface area contributed by atoms with Gasteiger partial charge in [0.15, 0.2) is 0 Å². The van der Waals surface area contributed by atoms with Crippen molar-refractivity contribution in [3.63, 3.8) is 0 Å². The third kappa shape index (κ3) is 4.27. The van der Waals surface area contributed by atoms with E-state index in [0.29, 0.717) is 0 Å². The number of nitrogens with zero attached hydrogens (tertiary/aromatic N) is 1. The van der Waals surface area contributed by atoms with Gasteiger partial charge in [-0.2, -0.15) is 0 Å². The number of ether oxygens (including phenoxy) is 1. The molecule has 0 N–H and O–H groups in total. The molecule has 0 amide bonds. The number of likely N-dealkylation sites (N-methyl/N-ethyl adjacent to an activating group) is 1. The van der Waals surface area contributed by atoms with Gasteiger partial charge in [0.2, 0.25) is 0 Å². The van der Waals surface area contributed by atoms with Gasteiger partial charge in [-0.25, -0.2) is 0 Å². The minimum absolute atomic E-state index is 0. The normalized spacial score (nSPS) is 12.5. The molecule has 1 unspecified atom stereocenters. The lowest BCUT2D eigenvalue weighted by molar-refractivity contribution is -0.0315. The molecule has 0 aromatic heterocycles. The Labute approximate surface area is 152 Å². The molecule has 0 heterocycles. The van der Waals surface area contributed by atoms with E-state index in [4.69, 9.17) is 4.74 Å². The average molecular weight is 346 g/mol. The van der Waals surface area contributed by atoms with E-state index >= 15 is 0 Å². The topological polar surface area (TPSA) is 12.5 Å². The summed E-state index contributed by atoms with van der Waals surface area (Å²) in [5.74, 6) is 0.280. The molecule has 0 bridgehead atoms. The molecule has 2 rings (SSSR count). The first-order chi connectivity index (χ1) is 11.1. The highest BCUT2D eigenvalue weighted by atomic mass is 35.5. The molecule has 0 aliphatic carbocycles. The van der Waals surface area contributed by atoms with Gasteiger partial charge in [-0.05, 0) is 18.2 Å². The number of halogens is 1. The summed E-state index contributed by atoms with van der Waals surface area (Å²) in [6.45, 7) is 7.88. The Hall–Kier alpha value is -1.61. The van der Waals surface area contributed by atoms with Crippen LogP contribution in [0.4, 0.5) is 0 Å². The van der Waals surface area contributed by atoms with E-state index in [1.54, 1.807) is 0 Å². The first-order valence-corrected chi connectivity index (χ1v) is 8.10. The number of benzene rings is 2. The number of methoxy groups -OCH3 is 1. The number of rotatable bonds is 8. The Morgan fingerprint density at radius 2 is 1.50 bits per heavy atom. The zero-order chi connectivity index (χ0) is 16.7. The smallest absolute Gasteiger partial charge is 0.121 e. The Kier molecular flexibility index (Phi) is 8.20. The van der Waals surface area contributed by atoms with Crippen molar-refractivity contribution in [1.29, 1.82) is 0 Å². The van der Waals surface area contributed by atoms with E-state index in [-0.39, 0.29) is 18.3 Å². The zero-order valence-corrected chi connectivity index (χ0v) is 15.6. The maximum atomic E-state index is 6.20. The van der Waals surface area contributed by atoms with E-state index < -0.39 is 5.60 Å². The molecule has 0 saturated carbocycles. The van der Waals surface area contributed by atoms with Crippen LogP contribution in [0.25, 0.3) is 0 Å². The first-order valence-electron chi connectivity index (χ1n) is 8.10. The molecule has 2 aromatic carbocycles. The molecule has 0 aliphatic heterocycles. The molecule has 130 valence electrons. The summed E-state index contributed by atoms with van der Waals surface area (Å²) < 4.78 is 6.20. The first kappa shape index (κ1) is 20.4. The van der Waals surface area contributed by atoms with Crippen molar-refractivity contribution in [2.75, 3.05) is 27.2 Å². The molecule has 1 atom stereocenters. The van der Waals surface area contributed by atoms with Gasteiger partial charge in [0.05, 0.1) is 0 Å². The van der Waals surface area contributed by atoms with Crippen molar-refractivity contribution in [3.05, 3.63) is 84.4 Å². The molecule has 0 saturated heterocycles. The van der Waals surface area contributed by atoms with Crippen LogP contribution in [0.1, 0.15) is 18.1 Å². The maximum absolute atomic E-state index is 6.20. The number of hydrogen-bond acceptors (Lipinski definition) is 2. The van der Waals surface area contributed by atoms with E-state index in [1.165, 1.54) is 11.1 Å². The maximum Gasteiger partial charge on any atom is 0.121 e. The molecular formula is C21H28ClNO. The van der Waals surface area contributed by atoms with Crippen LogP contribution in [0, 0.1) is 5.92 Å². The molecule has 0 radical (unpaired) electrons. The highest BCUT2D eigenvalue weighted by Gasteiger charge is 2.40. The van der Waals surface area contributed by atoms with Gasteiger partial charge in [-0.3, -0.25) is 0 Å². The lowest BCUT2D eigenvalue weighted by atomic mass is 9.76. The predicted molar refractivity (Wildman–Crippen MR) is 105 cm³/mol. The van der Waals surface area contributed by atoms with E-state index in [9.17, 15) is 0 Å². The van der Waals surface area contributed by atoms with Gasteiger partial charge >= 0.3 is 0 Å². The summed E-state index contributed by atoms with van der Waals surface area (Å²) in [5.41, 5.74) is 1.92. The van der Waals surface area contributed by atoms with Gasteiger partial charge in [0.25, 0.3) is 0 Å². The second-order valence-electron chi connectivity index (χ2n) is 6.08. The fourth-order valence-electron chi connectivity index (χ4n) is 3.44. The Bertz CT molecular complexity index is 560. The van der Waals surface area contributed by atoms with Crippen molar-refractivity contribution >= 4 is 12.4 Å². The van der Waals surface area contributed by atoms with Crippen LogP contribution in [0.2, 0.25) is 0 Å². The van der Waals surface area contributed by atoms with Crippen LogP contribution in [0.3, 0.4) is 0 Å². The predicted octanol–water partition coefficient (Wildman–Crippen LogP) is 4.75. The molecule has 3 heteroatoms. The van der Waals surface area contributed by atoms with Crippen LogP contribution < -0.4 is 0 Å². The van der Waals surface area contributed by atoms with E-state index in [1.807, 2.05) is 25.3 Å². The van der Waals surface area contributed by atoms with E-state index in [0.717, 1.165) is 13.1 Å². The van der Waals surface area contributed by atoms with Gasteiger partial charge < -0.3 is 9.64 Å². The third-order valence-electron chi connectivity index (χ3n) is 4.45. The van der Waals surface area contributed by atoms with Gasteiger partial charge in [-0.15, -0.1) is 19.0 Å². The summed E-state index contributed by atoms with van der Waals surface area (Å²) in [5, 5.41) is 0. The fraction of sp³-hybridized carbons (Fsp3) is 0.333. The van der Waals surface area contributed by atoms with Gasteiger partial charge in [0, 0.05) is 26.1 Å². The molecule has 24 heavy (non-hydrogen) atoms. The highest BCUT2D eigenvalue weighted by Crippen LogP contribution is 2.40. The summed E-state index contributed by atoms with van der Waals surface area (Å²) in [7, 11) is 3.93. The largest absolute Gasteiger partial charge is 0.368 e. The monoisotopic (exact) mass is 345 g/mol. The highest BCUT2D eigenvalue weighted by molar-refractivity contribution is 5.85. The Morgan fingerprint density at radius 3 is 1.88 bits per heavy atom. The van der Waals surface area contributed by atoms with Crippen LogP contribution in [-0.2, 0) is 10.3 Å². The summed E-state index contributed by atoms with van der Waals surface area (Å²) >= 11 is 0. The lowest BCUT2D eigenvalue weighted by Gasteiger charge is -2.40. The van der Waals surface area contributed by atoms with Gasteiger partial charge in [-0.1, -0.05) is 73.7 Å². The van der Waals surface area contributed by atoms with Crippen LogP contribution in [0.5, 0.6) is 0 Å². The molecule has 0 fully saturated rings. The minimum atomic E-state index is -0.460.